The Labute approximate surface area is 129 Å². The van der Waals surface area contributed by atoms with Crippen LogP contribution in [0.5, 0.6) is 0 Å². The van der Waals surface area contributed by atoms with Gasteiger partial charge >= 0.3 is 0 Å². The number of hydrogen-bond donors (Lipinski definition) is 1. The van der Waals surface area contributed by atoms with E-state index in [-0.39, 0.29) is 5.82 Å². The molecule has 0 radical (unpaired) electrons. The maximum atomic E-state index is 13.8. The van der Waals surface area contributed by atoms with Crippen molar-refractivity contribution in [2.75, 3.05) is 5.32 Å². The lowest BCUT2D eigenvalue weighted by Crippen LogP contribution is -2.06. The fourth-order valence-electron chi connectivity index (χ4n) is 2.01. The molecule has 2 aromatic carbocycles. The third kappa shape index (κ3) is 3.11. The van der Waals surface area contributed by atoms with Crippen molar-refractivity contribution in [3.63, 3.8) is 0 Å². The third-order valence-electron chi connectivity index (χ3n) is 3.05. The van der Waals surface area contributed by atoms with Gasteiger partial charge in [-0.2, -0.15) is 5.10 Å². The average Bonchev–Trinajstić information content (AvgIpc) is 3.01. The Morgan fingerprint density at radius 3 is 2.81 bits per heavy atom. The number of hydrogen-bond acceptors (Lipinski definition) is 3. The van der Waals surface area contributed by atoms with Crippen LogP contribution in [0.25, 0.3) is 5.69 Å². The SMILES string of the molecule is Fc1cc(Br)ccc1CNc1ccccc1-n1cncn1. The Kier molecular flexibility index (Phi) is 3.96. The molecule has 0 aliphatic rings. The molecule has 1 aromatic heterocycles. The molecule has 0 bridgehead atoms. The fourth-order valence-corrected chi connectivity index (χ4v) is 2.34. The summed E-state index contributed by atoms with van der Waals surface area (Å²) in [5.74, 6) is -0.241. The van der Waals surface area contributed by atoms with Gasteiger partial charge in [0.15, 0.2) is 0 Å². The Morgan fingerprint density at radius 1 is 1.19 bits per heavy atom. The highest BCUT2D eigenvalue weighted by atomic mass is 79.9. The largest absolute Gasteiger partial charge is 0.379 e. The second kappa shape index (κ2) is 6.05. The van der Waals surface area contributed by atoms with E-state index in [0.717, 1.165) is 15.8 Å². The summed E-state index contributed by atoms with van der Waals surface area (Å²) in [6, 6.07) is 12.7. The van der Waals surface area contributed by atoms with Crippen molar-refractivity contribution >= 4 is 21.6 Å². The van der Waals surface area contributed by atoms with E-state index in [2.05, 4.69) is 31.3 Å². The third-order valence-corrected chi connectivity index (χ3v) is 3.55. The molecule has 0 amide bonds. The average molecular weight is 347 g/mol. The lowest BCUT2D eigenvalue weighted by molar-refractivity contribution is 0.612. The zero-order chi connectivity index (χ0) is 14.7. The number of nitrogens with zero attached hydrogens (tertiary/aromatic N) is 3. The molecule has 0 atom stereocenters. The van der Waals surface area contributed by atoms with E-state index >= 15 is 0 Å². The molecular weight excluding hydrogens is 335 g/mol. The second-order valence-corrected chi connectivity index (χ2v) is 5.36. The summed E-state index contributed by atoms with van der Waals surface area (Å²) in [7, 11) is 0. The van der Waals surface area contributed by atoms with Crippen LogP contribution in [0.2, 0.25) is 0 Å². The number of halogens is 2. The highest BCUT2D eigenvalue weighted by Gasteiger charge is 2.06. The quantitative estimate of drug-likeness (QED) is 0.781. The van der Waals surface area contributed by atoms with Crippen molar-refractivity contribution < 1.29 is 4.39 Å². The molecule has 4 nitrogen and oxygen atoms in total. The highest BCUT2D eigenvalue weighted by Crippen LogP contribution is 2.21. The molecule has 106 valence electrons. The minimum Gasteiger partial charge on any atom is -0.379 e. The highest BCUT2D eigenvalue weighted by molar-refractivity contribution is 9.10. The molecule has 1 heterocycles. The van der Waals surface area contributed by atoms with Crippen LogP contribution in [-0.4, -0.2) is 14.8 Å². The standard InChI is InChI=1S/C15H12BrFN4/c16-12-6-5-11(13(17)7-12)8-19-14-3-1-2-4-15(14)21-10-18-9-20-21/h1-7,9-10,19H,8H2. The van der Waals surface area contributed by atoms with Gasteiger partial charge in [0.25, 0.3) is 0 Å². The van der Waals surface area contributed by atoms with E-state index in [1.165, 1.54) is 12.4 Å². The van der Waals surface area contributed by atoms with Crippen molar-refractivity contribution in [2.45, 2.75) is 6.54 Å². The molecule has 3 rings (SSSR count). The van der Waals surface area contributed by atoms with Gasteiger partial charge in [0.05, 0.1) is 11.4 Å². The van der Waals surface area contributed by atoms with Crippen LogP contribution in [0, 0.1) is 5.82 Å². The molecule has 0 saturated carbocycles. The van der Waals surface area contributed by atoms with Gasteiger partial charge < -0.3 is 5.32 Å². The number of rotatable bonds is 4. The minimum absolute atomic E-state index is 0.241. The van der Waals surface area contributed by atoms with Crippen molar-refractivity contribution in [1.82, 2.24) is 14.8 Å². The molecule has 0 saturated heterocycles. The Hall–Kier alpha value is -2.21. The monoisotopic (exact) mass is 346 g/mol. The molecule has 0 spiro atoms. The first-order chi connectivity index (χ1) is 10.2. The smallest absolute Gasteiger partial charge is 0.138 e. The summed E-state index contributed by atoms with van der Waals surface area (Å²) in [6.07, 6.45) is 3.10. The lowest BCUT2D eigenvalue weighted by atomic mass is 10.2. The molecular formula is C15H12BrFN4. The Balaban J connectivity index is 1.83. The number of nitrogens with one attached hydrogen (secondary N) is 1. The van der Waals surface area contributed by atoms with Crippen molar-refractivity contribution in [2.24, 2.45) is 0 Å². The maximum absolute atomic E-state index is 13.8. The normalized spacial score (nSPS) is 10.6. The predicted molar refractivity (Wildman–Crippen MR) is 82.8 cm³/mol. The molecule has 0 fully saturated rings. The molecule has 1 N–H and O–H groups in total. The summed E-state index contributed by atoms with van der Waals surface area (Å²) < 4.78 is 16.2. The van der Waals surface area contributed by atoms with Crippen LogP contribution in [0.1, 0.15) is 5.56 Å². The molecule has 3 aromatic rings. The first kappa shape index (κ1) is 13.8. The molecule has 0 aliphatic carbocycles. The van der Waals surface area contributed by atoms with Gasteiger partial charge in [0.2, 0.25) is 0 Å². The summed E-state index contributed by atoms with van der Waals surface area (Å²) in [4.78, 5) is 3.94. The number of benzene rings is 2. The van der Waals surface area contributed by atoms with Crippen LogP contribution in [-0.2, 0) is 6.54 Å². The van der Waals surface area contributed by atoms with E-state index in [0.29, 0.717) is 12.1 Å². The van der Waals surface area contributed by atoms with E-state index < -0.39 is 0 Å². The summed E-state index contributed by atoms with van der Waals surface area (Å²) >= 11 is 3.25. The van der Waals surface area contributed by atoms with E-state index in [4.69, 9.17) is 0 Å². The van der Waals surface area contributed by atoms with Gasteiger partial charge in [0, 0.05) is 16.6 Å². The first-order valence-corrected chi connectivity index (χ1v) is 7.15. The zero-order valence-electron chi connectivity index (χ0n) is 11.0. The fraction of sp³-hybridized carbons (Fsp3) is 0.0667. The van der Waals surface area contributed by atoms with Crippen LogP contribution < -0.4 is 5.32 Å². The lowest BCUT2D eigenvalue weighted by Gasteiger charge is -2.12. The van der Waals surface area contributed by atoms with E-state index in [9.17, 15) is 4.39 Å². The van der Waals surface area contributed by atoms with Crippen LogP contribution >= 0.6 is 15.9 Å². The second-order valence-electron chi connectivity index (χ2n) is 4.45. The van der Waals surface area contributed by atoms with Crippen LogP contribution in [0.15, 0.2) is 59.6 Å². The molecule has 21 heavy (non-hydrogen) atoms. The van der Waals surface area contributed by atoms with Crippen molar-refractivity contribution in [1.29, 1.82) is 0 Å². The van der Waals surface area contributed by atoms with E-state index in [1.807, 2.05) is 30.3 Å². The first-order valence-electron chi connectivity index (χ1n) is 6.36. The summed E-state index contributed by atoms with van der Waals surface area (Å²) in [5, 5.41) is 7.35. The molecule has 0 unspecified atom stereocenters. The van der Waals surface area contributed by atoms with Crippen LogP contribution in [0.4, 0.5) is 10.1 Å². The number of para-hydroxylation sites is 2. The maximum Gasteiger partial charge on any atom is 0.138 e. The van der Waals surface area contributed by atoms with Gasteiger partial charge in [-0.05, 0) is 24.3 Å². The van der Waals surface area contributed by atoms with Gasteiger partial charge in [-0.3, -0.25) is 0 Å². The minimum atomic E-state index is -0.241. The predicted octanol–water partition coefficient (Wildman–Crippen LogP) is 3.78. The van der Waals surface area contributed by atoms with Gasteiger partial charge in [-0.1, -0.05) is 34.1 Å². The Bertz CT molecular complexity index is 743. The Morgan fingerprint density at radius 2 is 2.05 bits per heavy atom. The van der Waals surface area contributed by atoms with Gasteiger partial charge in [-0.25, -0.2) is 14.1 Å². The van der Waals surface area contributed by atoms with Crippen LogP contribution in [0.3, 0.4) is 0 Å². The number of anilines is 1. The summed E-state index contributed by atoms with van der Waals surface area (Å²) in [5.41, 5.74) is 2.34. The van der Waals surface area contributed by atoms with Crippen molar-refractivity contribution in [3.8, 4) is 5.69 Å². The number of aromatic nitrogens is 3. The molecule has 6 heteroatoms. The van der Waals surface area contributed by atoms with E-state index in [1.54, 1.807) is 17.1 Å². The summed E-state index contributed by atoms with van der Waals surface area (Å²) in [6.45, 7) is 0.394. The zero-order valence-corrected chi connectivity index (χ0v) is 12.6. The molecule has 0 aliphatic heterocycles. The van der Waals surface area contributed by atoms with Gasteiger partial charge in [-0.15, -0.1) is 0 Å². The van der Waals surface area contributed by atoms with Gasteiger partial charge in [0.1, 0.15) is 18.5 Å². The van der Waals surface area contributed by atoms with Crippen molar-refractivity contribution in [3.05, 3.63) is 71.0 Å². The topological polar surface area (TPSA) is 42.7 Å².